The molecule has 2 heterocycles. The number of pyridine rings is 1. The number of aliphatic hydroxyl groups excluding tert-OH is 1. The zero-order valence-corrected chi connectivity index (χ0v) is 8.47. The van der Waals surface area contributed by atoms with Crippen molar-refractivity contribution >= 4 is 5.91 Å². The van der Waals surface area contributed by atoms with E-state index >= 15 is 0 Å². The van der Waals surface area contributed by atoms with Gasteiger partial charge in [0.05, 0.1) is 12.6 Å². The van der Waals surface area contributed by atoms with Gasteiger partial charge in [-0.15, -0.1) is 0 Å². The van der Waals surface area contributed by atoms with Gasteiger partial charge in [0.25, 0.3) is 5.91 Å². The highest BCUT2D eigenvalue weighted by Gasteiger charge is 2.28. The molecule has 0 bridgehead atoms. The van der Waals surface area contributed by atoms with E-state index in [1.165, 1.54) is 0 Å². The van der Waals surface area contributed by atoms with Gasteiger partial charge in [-0.1, -0.05) is 0 Å². The molecule has 4 heteroatoms. The fourth-order valence-corrected chi connectivity index (χ4v) is 1.95. The zero-order valence-electron chi connectivity index (χ0n) is 8.47. The Kier molecular flexibility index (Phi) is 2.97. The van der Waals surface area contributed by atoms with Gasteiger partial charge in [-0.2, -0.15) is 0 Å². The van der Waals surface area contributed by atoms with Crippen LogP contribution in [0.25, 0.3) is 0 Å². The van der Waals surface area contributed by atoms with E-state index < -0.39 is 0 Å². The number of amides is 1. The molecule has 0 radical (unpaired) electrons. The summed E-state index contributed by atoms with van der Waals surface area (Å²) < 4.78 is 0. The van der Waals surface area contributed by atoms with E-state index in [1.807, 2.05) is 0 Å². The highest BCUT2D eigenvalue weighted by atomic mass is 16.3. The standard InChI is InChI=1S/C11H14N2O2/c14-8-10-2-1-7-13(10)11(15)9-3-5-12-6-4-9/h3-6,10,14H,1-2,7-8H2. The molecule has 1 aliphatic heterocycles. The van der Waals surface area contributed by atoms with Crippen LogP contribution in [0.5, 0.6) is 0 Å². The van der Waals surface area contributed by atoms with Gasteiger partial charge in [-0.3, -0.25) is 9.78 Å². The van der Waals surface area contributed by atoms with Crippen LogP contribution < -0.4 is 0 Å². The molecule has 1 aliphatic rings. The minimum atomic E-state index is -0.00864. The molecule has 15 heavy (non-hydrogen) atoms. The predicted octanol–water partition coefficient (Wildman–Crippen LogP) is 0.678. The summed E-state index contributed by atoms with van der Waals surface area (Å²) in [7, 11) is 0. The fraction of sp³-hybridized carbons (Fsp3) is 0.455. The van der Waals surface area contributed by atoms with E-state index in [0.717, 1.165) is 19.4 Å². The van der Waals surface area contributed by atoms with Crippen molar-refractivity contribution in [1.29, 1.82) is 0 Å². The summed E-state index contributed by atoms with van der Waals surface area (Å²) in [5.74, 6) is -0.00560. The molecule has 0 saturated carbocycles. The molecule has 1 unspecified atom stereocenters. The van der Waals surface area contributed by atoms with Crippen molar-refractivity contribution in [3.8, 4) is 0 Å². The lowest BCUT2D eigenvalue weighted by atomic mass is 10.2. The van der Waals surface area contributed by atoms with Crippen molar-refractivity contribution in [2.24, 2.45) is 0 Å². The van der Waals surface area contributed by atoms with Crippen molar-refractivity contribution in [3.05, 3.63) is 30.1 Å². The molecule has 0 spiro atoms. The average Bonchev–Trinajstić information content (AvgIpc) is 2.77. The summed E-state index contributed by atoms with van der Waals surface area (Å²) in [5, 5.41) is 9.13. The third-order valence-electron chi connectivity index (χ3n) is 2.78. The van der Waals surface area contributed by atoms with Gasteiger partial charge in [-0.25, -0.2) is 0 Å². The largest absolute Gasteiger partial charge is 0.394 e. The molecule has 1 aromatic heterocycles. The van der Waals surface area contributed by atoms with E-state index in [4.69, 9.17) is 5.11 Å². The molecule has 1 atom stereocenters. The van der Waals surface area contributed by atoms with Crippen molar-refractivity contribution in [1.82, 2.24) is 9.88 Å². The first-order chi connectivity index (χ1) is 7.33. The number of aromatic nitrogens is 1. The number of aliphatic hydroxyl groups is 1. The van der Waals surface area contributed by atoms with E-state index in [-0.39, 0.29) is 18.6 Å². The summed E-state index contributed by atoms with van der Waals surface area (Å²) in [5.41, 5.74) is 0.644. The van der Waals surface area contributed by atoms with Gasteiger partial charge < -0.3 is 10.0 Å². The Labute approximate surface area is 88.6 Å². The van der Waals surface area contributed by atoms with Crippen LogP contribution in [0.3, 0.4) is 0 Å². The van der Waals surface area contributed by atoms with E-state index in [2.05, 4.69) is 4.98 Å². The first-order valence-electron chi connectivity index (χ1n) is 5.15. The molecule has 80 valence electrons. The second-order valence-electron chi connectivity index (χ2n) is 3.71. The highest BCUT2D eigenvalue weighted by molar-refractivity contribution is 5.94. The maximum atomic E-state index is 12.0. The lowest BCUT2D eigenvalue weighted by Gasteiger charge is -2.22. The predicted molar refractivity (Wildman–Crippen MR) is 55.4 cm³/mol. The number of hydrogen-bond donors (Lipinski definition) is 1. The van der Waals surface area contributed by atoms with E-state index in [0.29, 0.717) is 5.56 Å². The van der Waals surface area contributed by atoms with Gasteiger partial charge >= 0.3 is 0 Å². The van der Waals surface area contributed by atoms with Crippen LogP contribution in [0.2, 0.25) is 0 Å². The van der Waals surface area contributed by atoms with Gasteiger partial charge in [0.15, 0.2) is 0 Å². The first kappa shape index (κ1) is 10.1. The zero-order chi connectivity index (χ0) is 10.7. The fourth-order valence-electron chi connectivity index (χ4n) is 1.95. The quantitative estimate of drug-likeness (QED) is 0.774. The highest BCUT2D eigenvalue weighted by Crippen LogP contribution is 2.19. The van der Waals surface area contributed by atoms with Crippen LogP contribution in [0.4, 0.5) is 0 Å². The molecular formula is C11H14N2O2. The lowest BCUT2D eigenvalue weighted by Crippen LogP contribution is -2.37. The normalized spacial score (nSPS) is 20.6. The SMILES string of the molecule is O=C(c1ccncc1)N1CCCC1CO. The number of carbonyl (C=O) groups excluding carboxylic acids is 1. The Morgan fingerprint density at radius 3 is 2.93 bits per heavy atom. The molecule has 4 nitrogen and oxygen atoms in total. The molecule has 1 N–H and O–H groups in total. The van der Waals surface area contributed by atoms with Crippen LogP contribution in [-0.2, 0) is 0 Å². The average molecular weight is 206 g/mol. The van der Waals surface area contributed by atoms with Crippen molar-refractivity contribution < 1.29 is 9.90 Å². The van der Waals surface area contributed by atoms with Crippen LogP contribution in [0, 0.1) is 0 Å². The number of hydrogen-bond acceptors (Lipinski definition) is 3. The number of carbonyl (C=O) groups is 1. The molecular weight excluding hydrogens is 192 g/mol. The smallest absolute Gasteiger partial charge is 0.254 e. The monoisotopic (exact) mass is 206 g/mol. The summed E-state index contributed by atoms with van der Waals surface area (Å²) >= 11 is 0. The maximum absolute atomic E-state index is 12.0. The second kappa shape index (κ2) is 4.40. The van der Waals surface area contributed by atoms with E-state index in [9.17, 15) is 4.79 Å². The lowest BCUT2D eigenvalue weighted by molar-refractivity contribution is 0.0677. The van der Waals surface area contributed by atoms with Gasteiger partial charge in [0.1, 0.15) is 0 Å². The third-order valence-corrected chi connectivity index (χ3v) is 2.78. The molecule has 2 rings (SSSR count). The number of nitrogens with zero attached hydrogens (tertiary/aromatic N) is 2. The molecule has 0 aliphatic carbocycles. The van der Waals surface area contributed by atoms with Gasteiger partial charge in [0, 0.05) is 24.5 Å². The Morgan fingerprint density at radius 1 is 1.53 bits per heavy atom. The maximum Gasteiger partial charge on any atom is 0.254 e. The van der Waals surface area contributed by atoms with E-state index in [1.54, 1.807) is 29.4 Å². The topological polar surface area (TPSA) is 53.4 Å². The van der Waals surface area contributed by atoms with Crippen molar-refractivity contribution in [2.45, 2.75) is 18.9 Å². The van der Waals surface area contributed by atoms with Crippen LogP contribution in [0.1, 0.15) is 23.2 Å². The molecule has 1 aromatic rings. The molecule has 1 amide bonds. The van der Waals surface area contributed by atoms with Crippen molar-refractivity contribution in [3.63, 3.8) is 0 Å². The molecule has 1 saturated heterocycles. The Balaban J connectivity index is 2.14. The Bertz CT molecular complexity index is 340. The Morgan fingerprint density at radius 2 is 2.27 bits per heavy atom. The molecule has 1 fully saturated rings. The number of rotatable bonds is 2. The van der Waals surface area contributed by atoms with Crippen LogP contribution >= 0.6 is 0 Å². The van der Waals surface area contributed by atoms with Crippen LogP contribution in [0.15, 0.2) is 24.5 Å². The summed E-state index contributed by atoms with van der Waals surface area (Å²) in [6.07, 6.45) is 5.09. The molecule has 0 aromatic carbocycles. The number of likely N-dealkylation sites (tertiary alicyclic amines) is 1. The minimum absolute atomic E-state index is 0.00560. The summed E-state index contributed by atoms with van der Waals surface area (Å²) in [6.45, 7) is 0.795. The minimum Gasteiger partial charge on any atom is -0.394 e. The summed E-state index contributed by atoms with van der Waals surface area (Å²) in [4.78, 5) is 17.6. The third kappa shape index (κ3) is 1.99. The first-order valence-corrected chi connectivity index (χ1v) is 5.15. The Hall–Kier alpha value is -1.42. The second-order valence-corrected chi connectivity index (χ2v) is 3.71. The van der Waals surface area contributed by atoms with Crippen molar-refractivity contribution in [2.75, 3.05) is 13.2 Å². The van der Waals surface area contributed by atoms with Gasteiger partial charge in [0.2, 0.25) is 0 Å². The van der Waals surface area contributed by atoms with Gasteiger partial charge in [-0.05, 0) is 25.0 Å². The summed E-state index contributed by atoms with van der Waals surface area (Å²) in [6, 6.07) is 3.40. The van der Waals surface area contributed by atoms with Crippen LogP contribution in [-0.4, -0.2) is 40.1 Å².